The number of sulfonamides is 1. The molecule has 31 heavy (non-hydrogen) atoms. The topological polar surface area (TPSA) is 79.0 Å². The number of urea groups is 1. The van der Waals surface area contributed by atoms with Gasteiger partial charge in [-0.2, -0.15) is 0 Å². The van der Waals surface area contributed by atoms with Gasteiger partial charge in [-0.1, -0.05) is 30.3 Å². The summed E-state index contributed by atoms with van der Waals surface area (Å²) in [6, 6.07) is 16.8. The van der Waals surface area contributed by atoms with Crippen molar-refractivity contribution in [1.82, 2.24) is 14.5 Å². The molecule has 0 aromatic heterocycles. The lowest BCUT2D eigenvalue weighted by atomic mass is 10.0. The molecule has 0 radical (unpaired) electrons. The van der Waals surface area contributed by atoms with E-state index in [-0.39, 0.29) is 23.9 Å². The maximum Gasteiger partial charge on any atom is 0.320 e. The van der Waals surface area contributed by atoms with Crippen LogP contribution >= 0.6 is 0 Å². The summed E-state index contributed by atoms with van der Waals surface area (Å²) < 4.78 is 33.3. The van der Waals surface area contributed by atoms with E-state index in [1.54, 1.807) is 6.92 Å². The van der Waals surface area contributed by atoms with Crippen LogP contribution < -0.4 is 9.46 Å². The van der Waals surface area contributed by atoms with Gasteiger partial charge in [0.05, 0.1) is 11.8 Å². The number of rotatable bonds is 7. The summed E-state index contributed by atoms with van der Waals surface area (Å²) in [5.74, 6) is 1.49. The minimum atomic E-state index is -3.36. The van der Waals surface area contributed by atoms with E-state index in [1.165, 1.54) is 0 Å². The minimum Gasteiger partial charge on any atom is -0.457 e. The number of likely N-dealkylation sites (tertiary alicyclic amines) is 2. The number of nitrogens with zero attached hydrogens (tertiary/aromatic N) is 2. The number of para-hydroxylation sites is 1. The van der Waals surface area contributed by atoms with E-state index >= 15 is 0 Å². The molecule has 2 aliphatic rings. The van der Waals surface area contributed by atoms with E-state index in [4.69, 9.17) is 4.74 Å². The molecule has 2 fully saturated rings. The molecule has 0 spiro atoms. The predicted octanol–water partition coefficient (Wildman–Crippen LogP) is 3.23. The Morgan fingerprint density at radius 3 is 2.48 bits per heavy atom. The van der Waals surface area contributed by atoms with E-state index in [1.807, 2.05) is 64.4 Å². The quantitative estimate of drug-likeness (QED) is 0.713. The second-order valence-corrected chi connectivity index (χ2v) is 10.1. The van der Waals surface area contributed by atoms with Gasteiger partial charge in [0.25, 0.3) is 0 Å². The van der Waals surface area contributed by atoms with Crippen LogP contribution in [-0.2, 0) is 16.4 Å². The van der Waals surface area contributed by atoms with Crippen LogP contribution in [0.25, 0.3) is 0 Å². The second-order valence-electron chi connectivity index (χ2n) is 8.07. The zero-order valence-electron chi connectivity index (χ0n) is 17.7. The molecular formula is C23H29N3O4S. The number of amides is 2. The summed E-state index contributed by atoms with van der Waals surface area (Å²) in [4.78, 5) is 16.6. The van der Waals surface area contributed by atoms with Crippen molar-refractivity contribution in [2.75, 3.05) is 25.4 Å². The molecule has 1 N–H and O–H groups in total. The van der Waals surface area contributed by atoms with Crippen LogP contribution in [0.3, 0.4) is 0 Å². The van der Waals surface area contributed by atoms with Crippen molar-refractivity contribution >= 4 is 16.1 Å². The Balaban J connectivity index is 1.54. The van der Waals surface area contributed by atoms with Crippen molar-refractivity contribution in [3.05, 3.63) is 60.2 Å². The minimum absolute atomic E-state index is 0.00568. The molecule has 0 bridgehead atoms. The fraction of sp³-hybridized carbons (Fsp3) is 0.435. The number of carbonyl (C=O) groups is 1. The van der Waals surface area contributed by atoms with Gasteiger partial charge in [0.15, 0.2) is 0 Å². The van der Waals surface area contributed by atoms with Crippen LogP contribution in [0, 0.1) is 0 Å². The monoisotopic (exact) mass is 443 g/mol. The van der Waals surface area contributed by atoms with Gasteiger partial charge in [-0.15, -0.1) is 0 Å². The van der Waals surface area contributed by atoms with Gasteiger partial charge in [-0.3, -0.25) is 0 Å². The molecule has 7 nitrogen and oxygen atoms in total. The van der Waals surface area contributed by atoms with Crippen LogP contribution in [0.1, 0.15) is 25.3 Å². The van der Waals surface area contributed by atoms with Gasteiger partial charge in [-0.25, -0.2) is 17.9 Å². The van der Waals surface area contributed by atoms with E-state index in [0.717, 1.165) is 30.8 Å². The Kier molecular flexibility index (Phi) is 6.48. The van der Waals surface area contributed by atoms with Crippen LogP contribution in [-0.4, -0.2) is 61.7 Å². The van der Waals surface area contributed by atoms with Crippen molar-refractivity contribution in [2.24, 2.45) is 0 Å². The molecule has 166 valence electrons. The standard InChI is InChI=1S/C23H29N3O4S/c1-2-31(28,29)24-21-12-15-26(23(27)25-13-7-14-25)22(21)17-18-8-6-11-20(16-18)30-19-9-4-3-5-10-19/h3-6,8-11,16,21-22,24H,2,7,12-15,17H2,1H3/t21-,22-/m1/s1. The molecule has 2 aliphatic heterocycles. The highest BCUT2D eigenvalue weighted by molar-refractivity contribution is 7.89. The van der Waals surface area contributed by atoms with Crippen molar-refractivity contribution in [2.45, 2.75) is 38.3 Å². The van der Waals surface area contributed by atoms with Gasteiger partial charge in [0.1, 0.15) is 11.5 Å². The molecule has 0 aliphatic carbocycles. The zero-order valence-corrected chi connectivity index (χ0v) is 18.6. The molecule has 2 atom stereocenters. The van der Waals surface area contributed by atoms with Crippen molar-refractivity contribution < 1.29 is 17.9 Å². The van der Waals surface area contributed by atoms with Gasteiger partial charge < -0.3 is 14.5 Å². The third-order valence-electron chi connectivity index (χ3n) is 5.95. The number of benzene rings is 2. The molecule has 4 rings (SSSR count). The first kappa shape index (κ1) is 21.6. The average Bonchev–Trinajstić information content (AvgIpc) is 3.09. The molecule has 2 aromatic rings. The lowest BCUT2D eigenvalue weighted by molar-refractivity contribution is 0.120. The Morgan fingerprint density at radius 1 is 1.06 bits per heavy atom. The first-order chi connectivity index (χ1) is 14.9. The van der Waals surface area contributed by atoms with Crippen molar-refractivity contribution in [1.29, 1.82) is 0 Å². The lowest BCUT2D eigenvalue weighted by Gasteiger charge is -2.37. The third kappa shape index (κ3) is 5.19. The molecule has 0 saturated carbocycles. The fourth-order valence-corrected chi connectivity index (χ4v) is 4.99. The summed E-state index contributed by atoms with van der Waals surface area (Å²) in [6.45, 7) is 3.72. The maximum atomic E-state index is 13.0. The summed E-state index contributed by atoms with van der Waals surface area (Å²) in [7, 11) is -3.36. The Bertz CT molecular complexity index is 1010. The summed E-state index contributed by atoms with van der Waals surface area (Å²) >= 11 is 0. The highest BCUT2D eigenvalue weighted by Crippen LogP contribution is 2.28. The summed E-state index contributed by atoms with van der Waals surface area (Å²) in [5.41, 5.74) is 1.00. The highest BCUT2D eigenvalue weighted by atomic mass is 32.2. The van der Waals surface area contributed by atoms with E-state index in [2.05, 4.69) is 4.72 Å². The Labute approximate surface area is 184 Å². The number of hydrogen-bond acceptors (Lipinski definition) is 4. The van der Waals surface area contributed by atoms with Gasteiger partial charge in [0, 0.05) is 25.7 Å². The average molecular weight is 444 g/mol. The van der Waals surface area contributed by atoms with Gasteiger partial charge in [0.2, 0.25) is 10.0 Å². The Hall–Kier alpha value is -2.58. The fourth-order valence-electron chi connectivity index (χ4n) is 4.09. The summed E-state index contributed by atoms with van der Waals surface area (Å²) in [5, 5.41) is 0. The first-order valence-corrected chi connectivity index (χ1v) is 12.5. The predicted molar refractivity (Wildman–Crippen MR) is 120 cm³/mol. The molecule has 2 amide bonds. The SMILES string of the molecule is CCS(=O)(=O)N[C@@H]1CCN(C(=O)N2CCC2)[C@@H]1Cc1cccc(Oc2ccccc2)c1. The number of nitrogens with one attached hydrogen (secondary N) is 1. The van der Waals surface area contributed by atoms with Crippen LogP contribution in [0.4, 0.5) is 4.79 Å². The highest BCUT2D eigenvalue weighted by Gasteiger charge is 2.41. The second kappa shape index (κ2) is 9.28. The molecule has 2 heterocycles. The molecular weight excluding hydrogens is 414 g/mol. The molecule has 2 saturated heterocycles. The van der Waals surface area contributed by atoms with Gasteiger partial charge in [-0.05, 0) is 56.0 Å². The van der Waals surface area contributed by atoms with Gasteiger partial charge >= 0.3 is 6.03 Å². The van der Waals surface area contributed by atoms with Crippen LogP contribution in [0.2, 0.25) is 0 Å². The normalized spacial score (nSPS) is 21.1. The van der Waals surface area contributed by atoms with Crippen molar-refractivity contribution in [3.8, 4) is 11.5 Å². The third-order valence-corrected chi connectivity index (χ3v) is 7.37. The van der Waals surface area contributed by atoms with Crippen LogP contribution in [0.15, 0.2) is 54.6 Å². The van der Waals surface area contributed by atoms with Crippen molar-refractivity contribution in [3.63, 3.8) is 0 Å². The molecule has 0 unspecified atom stereocenters. The lowest BCUT2D eigenvalue weighted by Crippen LogP contribution is -2.54. The smallest absolute Gasteiger partial charge is 0.320 e. The zero-order chi connectivity index (χ0) is 21.8. The largest absolute Gasteiger partial charge is 0.457 e. The van der Waals surface area contributed by atoms with E-state index < -0.39 is 10.0 Å². The van der Waals surface area contributed by atoms with E-state index in [9.17, 15) is 13.2 Å². The number of ether oxygens (including phenoxy) is 1. The van der Waals surface area contributed by atoms with E-state index in [0.29, 0.717) is 25.1 Å². The molecule has 8 heteroatoms. The Morgan fingerprint density at radius 2 is 1.81 bits per heavy atom. The number of carbonyl (C=O) groups excluding carboxylic acids is 1. The number of hydrogen-bond donors (Lipinski definition) is 1. The van der Waals surface area contributed by atoms with Crippen LogP contribution in [0.5, 0.6) is 11.5 Å². The first-order valence-electron chi connectivity index (χ1n) is 10.8. The molecule has 2 aromatic carbocycles. The summed E-state index contributed by atoms with van der Waals surface area (Å²) in [6.07, 6.45) is 2.20. The maximum absolute atomic E-state index is 13.0.